The number of aromatic hydroxyl groups is 1. The van der Waals surface area contributed by atoms with Crippen molar-refractivity contribution in [3.05, 3.63) is 24.4 Å². The van der Waals surface area contributed by atoms with Crippen LogP contribution in [0.4, 0.5) is 5.95 Å². The van der Waals surface area contributed by atoms with Crippen LogP contribution in [0, 0.1) is 0 Å². The summed E-state index contributed by atoms with van der Waals surface area (Å²) in [5.41, 5.74) is 6.76. The number of nitrogens with two attached hydrogens (primary N) is 1. The molecule has 2 aromatic rings. The third-order valence-electron chi connectivity index (χ3n) is 2.09. The molecular formula is C10H11N3O2. The van der Waals surface area contributed by atoms with Crippen molar-refractivity contribution < 1.29 is 9.84 Å². The van der Waals surface area contributed by atoms with Crippen LogP contribution in [0.5, 0.6) is 11.5 Å². The summed E-state index contributed by atoms with van der Waals surface area (Å²) in [6, 6.07) is 5.03. The molecule has 2 rings (SSSR count). The van der Waals surface area contributed by atoms with Gasteiger partial charge in [0.1, 0.15) is 11.5 Å². The molecule has 1 heterocycles. The predicted molar refractivity (Wildman–Crippen MR) is 56.7 cm³/mol. The van der Waals surface area contributed by atoms with Gasteiger partial charge in [0.15, 0.2) is 5.95 Å². The zero-order chi connectivity index (χ0) is 10.8. The Morgan fingerprint density at radius 2 is 2.27 bits per heavy atom. The number of aromatic nitrogens is 2. The molecule has 1 aromatic heterocycles. The summed E-state index contributed by atoms with van der Waals surface area (Å²) in [6.07, 6.45) is 1.57. The number of nitrogens with zero attached hydrogens (tertiary/aromatic N) is 1. The quantitative estimate of drug-likeness (QED) is 0.691. The number of anilines is 1. The van der Waals surface area contributed by atoms with Gasteiger partial charge in [-0.2, -0.15) is 0 Å². The van der Waals surface area contributed by atoms with Crippen molar-refractivity contribution in [2.75, 3.05) is 12.8 Å². The first-order chi connectivity index (χ1) is 7.20. The molecule has 4 N–H and O–H groups in total. The third-order valence-corrected chi connectivity index (χ3v) is 2.09. The Labute approximate surface area is 86.5 Å². The van der Waals surface area contributed by atoms with Crippen molar-refractivity contribution in [3.63, 3.8) is 0 Å². The number of nitrogen functional groups attached to an aromatic ring is 1. The van der Waals surface area contributed by atoms with Gasteiger partial charge in [0, 0.05) is 11.6 Å². The number of benzene rings is 1. The second-order valence-corrected chi connectivity index (χ2v) is 3.07. The standard InChI is InChI=1S/C10H11N3O2/c1-15-6-2-3-7(9(14)4-6)8-5-12-10(11)13-8/h2-5,14H,1H3,(H3,11,12,13). The van der Waals surface area contributed by atoms with Crippen LogP contribution in [-0.4, -0.2) is 22.2 Å². The first-order valence-corrected chi connectivity index (χ1v) is 4.38. The van der Waals surface area contributed by atoms with E-state index in [4.69, 9.17) is 10.5 Å². The Kier molecular flexibility index (Phi) is 2.21. The summed E-state index contributed by atoms with van der Waals surface area (Å²) in [7, 11) is 1.54. The Hall–Kier alpha value is -2.17. The van der Waals surface area contributed by atoms with E-state index in [1.54, 1.807) is 25.4 Å². The number of rotatable bonds is 2. The first-order valence-electron chi connectivity index (χ1n) is 4.38. The summed E-state index contributed by atoms with van der Waals surface area (Å²) in [5, 5.41) is 9.72. The topological polar surface area (TPSA) is 84.2 Å². The number of hydrogen-bond acceptors (Lipinski definition) is 4. The van der Waals surface area contributed by atoms with E-state index in [0.29, 0.717) is 23.0 Å². The zero-order valence-corrected chi connectivity index (χ0v) is 8.19. The fourth-order valence-electron chi connectivity index (χ4n) is 1.34. The molecule has 0 radical (unpaired) electrons. The van der Waals surface area contributed by atoms with E-state index >= 15 is 0 Å². The zero-order valence-electron chi connectivity index (χ0n) is 8.19. The molecule has 0 amide bonds. The predicted octanol–water partition coefficient (Wildman–Crippen LogP) is 1.37. The van der Waals surface area contributed by atoms with Crippen LogP contribution < -0.4 is 10.5 Å². The highest BCUT2D eigenvalue weighted by Crippen LogP contribution is 2.31. The maximum absolute atomic E-state index is 9.72. The number of imidazole rings is 1. The molecule has 15 heavy (non-hydrogen) atoms. The minimum absolute atomic E-state index is 0.123. The Balaban J connectivity index is 2.45. The minimum Gasteiger partial charge on any atom is -0.507 e. The van der Waals surface area contributed by atoms with Gasteiger partial charge in [-0.1, -0.05) is 0 Å². The summed E-state index contributed by atoms with van der Waals surface area (Å²) in [4.78, 5) is 6.69. The van der Waals surface area contributed by atoms with Gasteiger partial charge in [0.25, 0.3) is 0 Å². The SMILES string of the molecule is COc1ccc(-c2cnc(N)[nH]2)c(O)c1. The fourth-order valence-corrected chi connectivity index (χ4v) is 1.34. The first kappa shape index (κ1) is 9.39. The van der Waals surface area contributed by atoms with Crippen LogP contribution in [0.15, 0.2) is 24.4 Å². The Morgan fingerprint density at radius 1 is 1.47 bits per heavy atom. The number of H-pyrrole nitrogens is 1. The van der Waals surface area contributed by atoms with Crippen LogP contribution in [-0.2, 0) is 0 Å². The highest BCUT2D eigenvalue weighted by atomic mass is 16.5. The Bertz CT molecular complexity index is 479. The lowest BCUT2D eigenvalue weighted by Crippen LogP contribution is -1.86. The van der Waals surface area contributed by atoms with E-state index in [9.17, 15) is 5.11 Å². The molecule has 0 aliphatic rings. The molecule has 78 valence electrons. The van der Waals surface area contributed by atoms with Crippen molar-refractivity contribution in [2.24, 2.45) is 0 Å². The van der Waals surface area contributed by atoms with Crippen LogP contribution in [0.2, 0.25) is 0 Å². The van der Waals surface area contributed by atoms with Crippen molar-refractivity contribution in [3.8, 4) is 22.8 Å². The summed E-state index contributed by atoms with van der Waals surface area (Å²) in [5.74, 6) is 1.04. The van der Waals surface area contributed by atoms with Gasteiger partial charge in [-0.25, -0.2) is 4.98 Å². The normalized spacial score (nSPS) is 10.2. The third kappa shape index (κ3) is 1.71. The van der Waals surface area contributed by atoms with Gasteiger partial charge in [0.2, 0.25) is 0 Å². The van der Waals surface area contributed by atoms with Crippen molar-refractivity contribution in [2.45, 2.75) is 0 Å². The van der Waals surface area contributed by atoms with E-state index in [1.807, 2.05) is 0 Å². The monoisotopic (exact) mass is 205 g/mol. The lowest BCUT2D eigenvalue weighted by Gasteiger charge is -2.04. The van der Waals surface area contributed by atoms with Crippen LogP contribution >= 0.6 is 0 Å². The second-order valence-electron chi connectivity index (χ2n) is 3.07. The highest BCUT2D eigenvalue weighted by Gasteiger charge is 2.07. The smallest absolute Gasteiger partial charge is 0.197 e. The Morgan fingerprint density at radius 3 is 2.80 bits per heavy atom. The molecule has 0 aliphatic heterocycles. The molecule has 5 heteroatoms. The van der Waals surface area contributed by atoms with Crippen LogP contribution in [0.1, 0.15) is 0 Å². The molecule has 0 aliphatic carbocycles. The van der Waals surface area contributed by atoms with Gasteiger partial charge < -0.3 is 20.6 Å². The molecule has 1 aromatic carbocycles. The number of hydrogen-bond donors (Lipinski definition) is 3. The summed E-state index contributed by atoms with van der Waals surface area (Å²) >= 11 is 0. The number of ether oxygens (including phenoxy) is 1. The number of phenolic OH excluding ortho intramolecular Hbond substituents is 1. The van der Waals surface area contributed by atoms with Gasteiger partial charge in [-0.15, -0.1) is 0 Å². The largest absolute Gasteiger partial charge is 0.507 e. The van der Waals surface area contributed by atoms with E-state index in [2.05, 4.69) is 9.97 Å². The molecule has 0 unspecified atom stereocenters. The van der Waals surface area contributed by atoms with Crippen LogP contribution in [0.25, 0.3) is 11.3 Å². The molecule has 0 fully saturated rings. The summed E-state index contributed by atoms with van der Waals surface area (Å²) in [6.45, 7) is 0. The molecular weight excluding hydrogens is 194 g/mol. The second kappa shape index (κ2) is 3.53. The van der Waals surface area contributed by atoms with Crippen LogP contribution in [0.3, 0.4) is 0 Å². The molecule has 5 nitrogen and oxygen atoms in total. The van der Waals surface area contributed by atoms with Gasteiger partial charge in [-0.05, 0) is 12.1 Å². The molecule has 0 atom stereocenters. The average Bonchev–Trinajstić information content (AvgIpc) is 2.64. The minimum atomic E-state index is 0.123. The lowest BCUT2D eigenvalue weighted by molar-refractivity contribution is 0.408. The average molecular weight is 205 g/mol. The van der Waals surface area contributed by atoms with E-state index < -0.39 is 0 Å². The van der Waals surface area contributed by atoms with Crippen molar-refractivity contribution >= 4 is 5.95 Å². The van der Waals surface area contributed by atoms with Crippen molar-refractivity contribution in [1.82, 2.24) is 9.97 Å². The van der Waals surface area contributed by atoms with Crippen molar-refractivity contribution in [1.29, 1.82) is 0 Å². The van der Waals surface area contributed by atoms with E-state index in [1.165, 1.54) is 6.07 Å². The van der Waals surface area contributed by atoms with E-state index in [-0.39, 0.29) is 5.75 Å². The molecule has 0 bridgehead atoms. The fraction of sp³-hybridized carbons (Fsp3) is 0.100. The van der Waals surface area contributed by atoms with Gasteiger partial charge in [-0.3, -0.25) is 0 Å². The number of nitrogens with one attached hydrogen (secondary N) is 1. The van der Waals surface area contributed by atoms with E-state index in [0.717, 1.165) is 0 Å². The lowest BCUT2D eigenvalue weighted by atomic mass is 10.1. The summed E-state index contributed by atoms with van der Waals surface area (Å²) < 4.78 is 4.98. The van der Waals surface area contributed by atoms with Gasteiger partial charge >= 0.3 is 0 Å². The molecule has 0 spiro atoms. The maximum atomic E-state index is 9.72. The molecule has 0 saturated carbocycles. The maximum Gasteiger partial charge on any atom is 0.197 e. The number of methoxy groups -OCH3 is 1. The highest BCUT2D eigenvalue weighted by molar-refractivity contribution is 5.68. The number of aromatic amines is 1. The molecule has 0 saturated heterocycles. The van der Waals surface area contributed by atoms with Gasteiger partial charge in [0.05, 0.1) is 19.0 Å². The number of phenols is 1.